The van der Waals surface area contributed by atoms with Crippen LogP contribution in [0.5, 0.6) is 0 Å². The molecule has 4 aromatic heterocycles. The van der Waals surface area contributed by atoms with E-state index in [1.54, 1.807) is 12.1 Å². The minimum atomic E-state index is -4.11. The highest BCUT2D eigenvalue weighted by atomic mass is 32.2. The Labute approximate surface area is 379 Å². The molecule has 2 aliphatic rings. The molecule has 6 aromatic rings. The lowest BCUT2D eigenvalue weighted by Gasteiger charge is -2.30. The van der Waals surface area contributed by atoms with Crippen LogP contribution >= 0.6 is 0 Å². The number of carboxylic acid groups (broad SMARTS) is 1. The van der Waals surface area contributed by atoms with Gasteiger partial charge in [0.1, 0.15) is 11.6 Å². The van der Waals surface area contributed by atoms with Crippen molar-refractivity contribution in [2.45, 2.75) is 138 Å². The number of primary amides is 1. The van der Waals surface area contributed by atoms with Crippen LogP contribution in [-0.2, 0) is 44.0 Å². The molecule has 2 saturated carbocycles. The van der Waals surface area contributed by atoms with Gasteiger partial charge in [0.2, 0.25) is 11.8 Å². The zero-order valence-electron chi connectivity index (χ0n) is 37.4. The number of hydrogen-bond donors (Lipinski definition) is 2. The number of aromatic carboxylic acids is 1. The third-order valence-corrected chi connectivity index (χ3v) is 15.2. The molecule has 3 N–H and O–H groups in total. The highest BCUT2D eigenvalue weighted by Crippen LogP contribution is 2.40. The largest absolute Gasteiger partial charge is 0.478 e. The highest BCUT2D eigenvalue weighted by Gasteiger charge is 2.37. The van der Waals surface area contributed by atoms with Crippen molar-refractivity contribution in [3.8, 4) is 0 Å². The van der Waals surface area contributed by atoms with Crippen LogP contribution in [0.15, 0.2) is 71.0 Å². The van der Waals surface area contributed by atoms with Gasteiger partial charge in [-0.3, -0.25) is 4.79 Å². The van der Waals surface area contributed by atoms with Crippen LogP contribution in [0.1, 0.15) is 125 Å². The Morgan fingerprint density at radius 3 is 1.35 bits per heavy atom. The van der Waals surface area contributed by atoms with E-state index in [2.05, 4.69) is 10.2 Å². The number of alkyl halides is 4. The van der Waals surface area contributed by atoms with E-state index in [0.717, 1.165) is 47.5 Å². The first-order valence-corrected chi connectivity index (χ1v) is 24.3. The number of halogens is 4. The molecular weight excluding hydrogens is 907 g/mol. The first-order valence-electron chi connectivity index (χ1n) is 21.5. The number of carboxylic acids is 1. The van der Waals surface area contributed by atoms with Gasteiger partial charge in [0.15, 0.2) is 0 Å². The van der Waals surface area contributed by atoms with Crippen LogP contribution in [0.2, 0.25) is 0 Å². The van der Waals surface area contributed by atoms with Gasteiger partial charge in [-0.25, -0.2) is 32.3 Å². The van der Waals surface area contributed by atoms with E-state index in [1.165, 1.54) is 24.3 Å². The number of hydrogen-bond acceptors (Lipinski definition) is 10. The Balaban J connectivity index is 0.000000196. The fraction of sp³-hybridized carbons (Fsp3) is 0.500. The van der Waals surface area contributed by atoms with Crippen molar-refractivity contribution in [1.82, 2.24) is 37.5 Å². The summed E-state index contributed by atoms with van der Waals surface area (Å²) in [7, 11) is -8.17. The molecule has 356 valence electrons. The highest BCUT2D eigenvalue weighted by molar-refractivity contribution is 7.90. The third-order valence-electron chi connectivity index (χ3n) is 12.1. The average Bonchev–Trinajstić information content (AvgIpc) is 4.05. The number of amides is 1. The molecule has 0 unspecified atom stereocenters. The number of nitrogens with two attached hydrogens (primary N) is 1. The Bertz CT molecular complexity index is 2830. The number of rotatable bonds is 10. The summed E-state index contributed by atoms with van der Waals surface area (Å²) in [6.45, 7) is 13.1. The summed E-state index contributed by atoms with van der Waals surface area (Å²) in [5.74, 6) is -5.55. The van der Waals surface area contributed by atoms with Crippen LogP contribution in [0.4, 0.5) is 17.6 Å². The van der Waals surface area contributed by atoms with E-state index in [1.807, 2.05) is 50.7 Å². The molecule has 2 aromatic carbocycles. The molecule has 2 fully saturated rings. The van der Waals surface area contributed by atoms with Crippen molar-refractivity contribution in [2.24, 2.45) is 17.6 Å². The number of nitrogens with zero attached hydrogens (tertiary/aromatic N) is 8. The number of carbonyl (C=O) groups is 2. The maximum Gasteiger partial charge on any atom is 0.338 e. The van der Waals surface area contributed by atoms with Gasteiger partial charge in [-0.1, -0.05) is 41.5 Å². The van der Waals surface area contributed by atoms with Gasteiger partial charge in [0.25, 0.3) is 26.0 Å². The lowest BCUT2D eigenvalue weighted by molar-refractivity contribution is -0.0478. The van der Waals surface area contributed by atoms with Gasteiger partial charge in [0.05, 0.1) is 67.8 Å². The lowest BCUT2D eigenvalue weighted by Crippen LogP contribution is -2.28. The minimum Gasteiger partial charge on any atom is -0.478 e. The first-order chi connectivity index (χ1) is 30.6. The van der Waals surface area contributed by atoms with Crippen molar-refractivity contribution in [3.05, 3.63) is 84.0 Å². The molecule has 0 saturated heterocycles. The number of aromatic nitrogens is 8. The summed E-state index contributed by atoms with van der Waals surface area (Å²) in [5.41, 5.74) is 6.67. The summed E-state index contributed by atoms with van der Waals surface area (Å²) in [4.78, 5) is 31.7. The van der Waals surface area contributed by atoms with Gasteiger partial charge >= 0.3 is 5.97 Å². The molecular formula is C44H53F4N9O7S2. The molecule has 0 atom stereocenters. The number of benzene rings is 2. The Kier molecular flexibility index (Phi) is 12.6. The van der Waals surface area contributed by atoms with Crippen molar-refractivity contribution >= 4 is 54.0 Å². The van der Waals surface area contributed by atoms with Crippen molar-refractivity contribution in [2.75, 3.05) is 0 Å². The zero-order chi connectivity index (χ0) is 48.4. The molecule has 1 amide bonds. The fourth-order valence-electron chi connectivity index (χ4n) is 8.46. The smallest absolute Gasteiger partial charge is 0.338 e. The Morgan fingerprint density at radius 1 is 0.667 bits per heavy atom. The number of imidazole rings is 2. The summed E-state index contributed by atoms with van der Waals surface area (Å²) in [6, 6.07) is 9.14. The van der Waals surface area contributed by atoms with E-state index >= 15 is 0 Å². The lowest BCUT2D eigenvalue weighted by atomic mass is 9.86. The number of fused-ring (bicyclic) bond motifs is 2. The standard InChI is InChI=1S/C22H27F2N5O3S.C22H26F2N4O4S/c1-21(2,3)20-27-17-10-16(33(31,32)29-13-15(11-26-29)19(25)30)4-5-18(17)28(20)12-14-6-8-22(23,24)9-7-14;1-21(2,3)20-26-17-10-16(33(31,32)28-13-15(11-25-28)19(29)30)4-5-18(17)27(20)12-14-6-8-22(23,24)9-7-14/h4-5,10-11,13-14H,6-9,12H2,1-3H3,(H2,25,30);4-5,10-11,13-14H,6-9,12H2,1-3H3,(H,29,30). The third kappa shape index (κ3) is 10.0. The molecule has 0 spiro atoms. The molecule has 16 nitrogen and oxygen atoms in total. The molecule has 0 bridgehead atoms. The van der Waals surface area contributed by atoms with E-state index in [9.17, 15) is 44.0 Å². The predicted octanol–water partition coefficient (Wildman–Crippen LogP) is 7.98. The van der Waals surface area contributed by atoms with Crippen LogP contribution in [0.3, 0.4) is 0 Å². The second-order valence-corrected chi connectivity index (χ2v) is 23.0. The van der Waals surface area contributed by atoms with Crippen LogP contribution < -0.4 is 5.73 Å². The monoisotopic (exact) mass is 959 g/mol. The first kappa shape index (κ1) is 48.3. The van der Waals surface area contributed by atoms with E-state index in [-0.39, 0.29) is 69.3 Å². The van der Waals surface area contributed by atoms with Gasteiger partial charge < -0.3 is 20.0 Å². The van der Waals surface area contributed by atoms with Gasteiger partial charge in [0, 0.05) is 49.6 Å². The zero-order valence-corrected chi connectivity index (χ0v) is 39.0. The summed E-state index contributed by atoms with van der Waals surface area (Å²) < 4.78 is 112. The Hall–Kier alpha value is -5.64. The van der Waals surface area contributed by atoms with Gasteiger partial charge in [-0.15, -0.1) is 0 Å². The predicted molar refractivity (Wildman–Crippen MR) is 236 cm³/mol. The fourth-order valence-corrected chi connectivity index (χ4v) is 10.7. The van der Waals surface area contributed by atoms with Crippen LogP contribution in [-0.4, -0.2) is 83.1 Å². The second kappa shape index (κ2) is 17.2. The van der Waals surface area contributed by atoms with Crippen LogP contribution in [0, 0.1) is 11.8 Å². The molecule has 8 rings (SSSR count). The van der Waals surface area contributed by atoms with E-state index in [4.69, 9.17) is 20.8 Å². The Morgan fingerprint density at radius 2 is 1.03 bits per heavy atom. The molecule has 0 radical (unpaired) electrons. The SMILES string of the molecule is CC(C)(C)c1nc2cc(S(=O)(=O)n3cc(C(=O)O)cn3)ccc2n1CC1CCC(F)(F)CC1.CC(C)(C)c1nc2cc(S(=O)(=O)n3cc(C(N)=O)cn3)ccc2n1CC1CCC(F)(F)CC1. The van der Waals surface area contributed by atoms with Gasteiger partial charge in [-0.05, 0) is 73.9 Å². The molecule has 4 heterocycles. The van der Waals surface area contributed by atoms with Crippen molar-refractivity contribution < 1.29 is 49.1 Å². The maximum absolute atomic E-state index is 13.6. The van der Waals surface area contributed by atoms with E-state index in [0.29, 0.717) is 58.0 Å². The summed E-state index contributed by atoms with van der Waals surface area (Å²) >= 11 is 0. The summed E-state index contributed by atoms with van der Waals surface area (Å²) in [6.07, 6.45) is 5.32. The quantitative estimate of drug-likeness (QED) is 0.125. The minimum absolute atomic E-state index is 0.0167. The second-order valence-electron chi connectivity index (χ2n) is 19.4. The van der Waals surface area contributed by atoms with Gasteiger partial charge in [-0.2, -0.15) is 35.2 Å². The molecule has 66 heavy (non-hydrogen) atoms. The van der Waals surface area contributed by atoms with Crippen LogP contribution in [0.25, 0.3) is 22.1 Å². The molecule has 22 heteroatoms. The average molecular weight is 960 g/mol. The topological polar surface area (TPSA) is 220 Å². The van der Waals surface area contributed by atoms with Crippen molar-refractivity contribution in [3.63, 3.8) is 0 Å². The maximum atomic E-state index is 13.6. The normalized spacial score (nSPS) is 17.5. The summed E-state index contributed by atoms with van der Waals surface area (Å²) in [5, 5.41) is 16.5. The molecule has 0 aliphatic heterocycles. The van der Waals surface area contributed by atoms with Crippen molar-refractivity contribution in [1.29, 1.82) is 0 Å². The van der Waals surface area contributed by atoms with E-state index < -0.39 is 43.8 Å². The number of carbonyl (C=O) groups excluding carboxylic acids is 1. The molecule has 2 aliphatic carbocycles.